The van der Waals surface area contributed by atoms with Crippen LogP contribution in [0.4, 0.5) is 0 Å². The molecule has 118 valence electrons. The Kier molecular flexibility index (Phi) is 6.81. The Hall–Kier alpha value is -0.770. The molecule has 1 aromatic rings. The number of rotatable bonds is 7. The molecular formula is C17H27ClN2O. The molecule has 0 bridgehead atoms. The van der Waals surface area contributed by atoms with Gasteiger partial charge in [0, 0.05) is 18.1 Å². The Bertz CT molecular complexity index is 439. The molecule has 1 atom stereocenters. The Labute approximate surface area is 133 Å². The largest absolute Gasteiger partial charge is 0.493 e. The van der Waals surface area contributed by atoms with Gasteiger partial charge in [-0.3, -0.25) is 0 Å². The number of benzene rings is 1. The zero-order valence-electron chi connectivity index (χ0n) is 13.0. The third-order valence-corrected chi connectivity index (χ3v) is 4.35. The van der Waals surface area contributed by atoms with Gasteiger partial charge in [-0.15, -0.1) is 0 Å². The minimum atomic E-state index is 0.661. The lowest BCUT2D eigenvalue weighted by Crippen LogP contribution is -2.39. The van der Waals surface area contributed by atoms with Crippen molar-refractivity contribution < 1.29 is 4.74 Å². The standard InChI is InChI=1S/C17H27ClN2O/c1-2-10-21-17-6-5-16(18)11-15(17)7-9-20-8-3-4-14(12-19)13-20/h5-6,11,14H,2-4,7-10,12-13,19H2,1H3. The maximum absolute atomic E-state index is 6.13. The third-order valence-electron chi connectivity index (χ3n) is 4.12. The Balaban J connectivity index is 1.93. The molecule has 0 aromatic heterocycles. The molecule has 1 saturated heterocycles. The van der Waals surface area contributed by atoms with Crippen molar-refractivity contribution >= 4 is 11.6 Å². The smallest absolute Gasteiger partial charge is 0.122 e. The van der Waals surface area contributed by atoms with E-state index in [0.717, 1.165) is 49.9 Å². The highest BCUT2D eigenvalue weighted by molar-refractivity contribution is 6.30. The van der Waals surface area contributed by atoms with Gasteiger partial charge in [0.05, 0.1) is 6.61 Å². The molecule has 2 rings (SSSR count). The van der Waals surface area contributed by atoms with Gasteiger partial charge in [0.25, 0.3) is 0 Å². The number of ether oxygens (including phenoxy) is 1. The average Bonchev–Trinajstić information content (AvgIpc) is 2.52. The van der Waals surface area contributed by atoms with Gasteiger partial charge >= 0.3 is 0 Å². The summed E-state index contributed by atoms with van der Waals surface area (Å²) in [6.45, 7) is 7.05. The summed E-state index contributed by atoms with van der Waals surface area (Å²) in [5, 5.41) is 0.785. The van der Waals surface area contributed by atoms with E-state index in [2.05, 4.69) is 11.8 Å². The average molecular weight is 311 g/mol. The molecule has 1 unspecified atom stereocenters. The van der Waals surface area contributed by atoms with E-state index >= 15 is 0 Å². The summed E-state index contributed by atoms with van der Waals surface area (Å²) in [5.74, 6) is 1.64. The fourth-order valence-corrected chi connectivity index (χ4v) is 3.12. The van der Waals surface area contributed by atoms with Gasteiger partial charge in [-0.05, 0) is 68.5 Å². The van der Waals surface area contributed by atoms with Crippen LogP contribution in [-0.2, 0) is 6.42 Å². The second-order valence-corrected chi connectivity index (χ2v) is 6.33. The first-order chi connectivity index (χ1) is 10.2. The van der Waals surface area contributed by atoms with E-state index in [0.29, 0.717) is 5.92 Å². The highest BCUT2D eigenvalue weighted by Gasteiger charge is 2.18. The van der Waals surface area contributed by atoms with Gasteiger partial charge < -0.3 is 15.4 Å². The molecule has 1 aliphatic rings. The van der Waals surface area contributed by atoms with Crippen molar-refractivity contribution in [2.45, 2.75) is 32.6 Å². The molecule has 1 heterocycles. The lowest BCUT2D eigenvalue weighted by molar-refractivity contribution is 0.179. The van der Waals surface area contributed by atoms with Crippen molar-refractivity contribution in [3.63, 3.8) is 0 Å². The van der Waals surface area contributed by atoms with Gasteiger partial charge in [-0.1, -0.05) is 18.5 Å². The first-order valence-electron chi connectivity index (χ1n) is 8.06. The number of piperidine rings is 1. The lowest BCUT2D eigenvalue weighted by Gasteiger charge is -2.32. The number of likely N-dealkylation sites (tertiary alicyclic amines) is 1. The normalized spacial score (nSPS) is 19.7. The van der Waals surface area contributed by atoms with Crippen LogP contribution in [0.2, 0.25) is 5.02 Å². The number of nitrogens with zero attached hydrogens (tertiary/aromatic N) is 1. The van der Waals surface area contributed by atoms with Gasteiger partial charge in [0.2, 0.25) is 0 Å². The van der Waals surface area contributed by atoms with Gasteiger partial charge in [0.15, 0.2) is 0 Å². The molecule has 0 saturated carbocycles. The number of halogens is 1. The van der Waals surface area contributed by atoms with E-state index < -0.39 is 0 Å². The predicted octanol–water partition coefficient (Wildman–Crippen LogP) is 3.34. The van der Waals surface area contributed by atoms with E-state index in [1.807, 2.05) is 18.2 Å². The minimum absolute atomic E-state index is 0.661. The molecule has 1 fully saturated rings. The molecule has 1 aromatic carbocycles. The summed E-state index contributed by atoms with van der Waals surface area (Å²) >= 11 is 6.13. The topological polar surface area (TPSA) is 38.5 Å². The fourth-order valence-electron chi connectivity index (χ4n) is 2.92. The van der Waals surface area contributed by atoms with Crippen molar-refractivity contribution in [2.75, 3.05) is 32.8 Å². The summed E-state index contributed by atoms with van der Waals surface area (Å²) < 4.78 is 5.83. The van der Waals surface area contributed by atoms with Crippen LogP contribution in [0.15, 0.2) is 18.2 Å². The van der Waals surface area contributed by atoms with Crippen LogP contribution in [0, 0.1) is 5.92 Å². The molecule has 2 N–H and O–H groups in total. The van der Waals surface area contributed by atoms with E-state index in [9.17, 15) is 0 Å². The summed E-state index contributed by atoms with van der Waals surface area (Å²) in [6, 6.07) is 5.94. The van der Waals surface area contributed by atoms with Crippen LogP contribution in [0.25, 0.3) is 0 Å². The van der Waals surface area contributed by atoms with Crippen LogP contribution in [0.1, 0.15) is 31.7 Å². The van der Waals surface area contributed by atoms with Gasteiger partial charge in [-0.25, -0.2) is 0 Å². The maximum atomic E-state index is 6.13. The minimum Gasteiger partial charge on any atom is -0.493 e. The molecule has 0 amide bonds. The van der Waals surface area contributed by atoms with Gasteiger partial charge in [0.1, 0.15) is 5.75 Å². The quantitative estimate of drug-likeness (QED) is 0.839. The Morgan fingerprint density at radius 2 is 2.29 bits per heavy atom. The molecular weight excluding hydrogens is 284 g/mol. The molecule has 4 heteroatoms. The number of hydrogen-bond acceptors (Lipinski definition) is 3. The van der Waals surface area contributed by atoms with Crippen molar-refractivity contribution in [3.8, 4) is 5.75 Å². The third kappa shape index (κ3) is 5.17. The summed E-state index contributed by atoms with van der Waals surface area (Å²) in [4.78, 5) is 2.52. The van der Waals surface area contributed by atoms with E-state index in [-0.39, 0.29) is 0 Å². The Morgan fingerprint density at radius 1 is 1.43 bits per heavy atom. The van der Waals surface area contributed by atoms with Crippen molar-refractivity contribution in [1.29, 1.82) is 0 Å². The molecule has 0 radical (unpaired) electrons. The monoisotopic (exact) mass is 310 g/mol. The number of nitrogens with two attached hydrogens (primary N) is 1. The second-order valence-electron chi connectivity index (χ2n) is 5.90. The summed E-state index contributed by atoms with van der Waals surface area (Å²) in [6.07, 6.45) is 4.54. The molecule has 0 aliphatic carbocycles. The van der Waals surface area contributed by atoms with Crippen molar-refractivity contribution in [1.82, 2.24) is 4.90 Å². The van der Waals surface area contributed by atoms with Crippen LogP contribution < -0.4 is 10.5 Å². The lowest BCUT2D eigenvalue weighted by atomic mass is 9.98. The van der Waals surface area contributed by atoms with Crippen LogP contribution >= 0.6 is 11.6 Å². The summed E-state index contributed by atoms with van der Waals surface area (Å²) in [7, 11) is 0. The predicted molar refractivity (Wildman–Crippen MR) is 89.2 cm³/mol. The molecule has 1 aliphatic heterocycles. The SMILES string of the molecule is CCCOc1ccc(Cl)cc1CCN1CCCC(CN)C1. The molecule has 21 heavy (non-hydrogen) atoms. The highest BCUT2D eigenvalue weighted by atomic mass is 35.5. The van der Waals surface area contributed by atoms with E-state index in [4.69, 9.17) is 22.1 Å². The fraction of sp³-hybridized carbons (Fsp3) is 0.647. The van der Waals surface area contributed by atoms with E-state index in [1.165, 1.54) is 24.9 Å². The highest BCUT2D eigenvalue weighted by Crippen LogP contribution is 2.24. The zero-order chi connectivity index (χ0) is 15.1. The summed E-state index contributed by atoms with van der Waals surface area (Å²) in [5.41, 5.74) is 7.02. The second kappa shape index (κ2) is 8.62. The van der Waals surface area contributed by atoms with Crippen LogP contribution in [0.3, 0.4) is 0 Å². The Morgan fingerprint density at radius 3 is 3.05 bits per heavy atom. The van der Waals surface area contributed by atoms with Crippen LogP contribution in [0.5, 0.6) is 5.75 Å². The molecule has 3 nitrogen and oxygen atoms in total. The first-order valence-corrected chi connectivity index (χ1v) is 8.44. The van der Waals surface area contributed by atoms with E-state index in [1.54, 1.807) is 0 Å². The molecule has 0 spiro atoms. The van der Waals surface area contributed by atoms with Crippen molar-refractivity contribution in [3.05, 3.63) is 28.8 Å². The van der Waals surface area contributed by atoms with Gasteiger partial charge in [-0.2, -0.15) is 0 Å². The first kappa shape index (κ1) is 16.6. The number of hydrogen-bond donors (Lipinski definition) is 1. The maximum Gasteiger partial charge on any atom is 0.122 e. The van der Waals surface area contributed by atoms with Crippen molar-refractivity contribution in [2.24, 2.45) is 11.7 Å². The zero-order valence-corrected chi connectivity index (χ0v) is 13.7. The van der Waals surface area contributed by atoms with Crippen LogP contribution in [-0.4, -0.2) is 37.7 Å².